The molecule has 0 spiro atoms. The quantitative estimate of drug-likeness (QED) is 0.351. The molecule has 214 valence electrons. The van der Waals surface area contributed by atoms with Crippen molar-refractivity contribution in [2.45, 2.75) is 31.8 Å². The van der Waals surface area contributed by atoms with E-state index in [1.165, 1.54) is 5.56 Å². The van der Waals surface area contributed by atoms with Gasteiger partial charge in [0, 0.05) is 45.2 Å². The Hall–Kier alpha value is -3.81. The topological polar surface area (TPSA) is 71.1 Å². The molecule has 2 atom stereocenters. The minimum Gasteiger partial charge on any atom is -0.490 e. The van der Waals surface area contributed by atoms with Crippen molar-refractivity contribution in [1.82, 2.24) is 15.1 Å². The first-order chi connectivity index (χ1) is 19.9. The van der Waals surface area contributed by atoms with E-state index in [2.05, 4.69) is 17.4 Å². The van der Waals surface area contributed by atoms with Gasteiger partial charge in [-0.15, -0.1) is 0 Å². The molecule has 2 amide bonds. The zero-order chi connectivity index (χ0) is 28.8. The van der Waals surface area contributed by atoms with E-state index in [4.69, 9.17) is 21.1 Å². The molecule has 1 fully saturated rings. The Morgan fingerprint density at radius 3 is 2.39 bits per heavy atom. The third kappa shape index (κ3) is 7.10. The number of rotatable bonds is 10. The van der Waals surface area contributed by atoms with Crippen LogP contribution in [0.3, 0.4) is 0 Å². The molecular weight excluding hydrogens is 538 g/mol. The highest BCUT2D eigenvalue weighted by molar-refractivity contribution is 6.32. The summed E-state index contributed by atoms with van der Waals surface area (Å²) in [5.74, 6) is 1.39. The number of para-hydroxylation sites is 1. The Kier molecular flexibility index (Phi) is 9.27. The second-order valence-corrected chi connectivity index (χ2v) is 11.0. The molecule has 8 heteroatoms. The van der Waals surface area contributed by atoms with Crippen molar-refractivity contribution in [3.05, 3.63) is 101 Å². The Morgan fingerprint density at radius 1 is 0.951 bits per heavy atom. The average Bonchev–Trinajstić information content (AvgIpc) is 2.99. The average molecular weight is 574 g/mol. The van der Waals surface area contributed by atoms with Gasteiger partial charge in [0.2, 0.25) is 5.91 Å². The van der Waals surface area contributed by atoms with Gasteiger partial charge in [0.25, 0.3) is 5.91 Å². The van der Waals surface area contributed by atoms with E-state index in [0.717, 1.165) is 28.9 Å². The Labute approximate surface area is 246 Å². The summed E-state index contributed by atoms with van der Waals surface area (Å²) in [5.41, 5.74) is 3.96. The van der Waals surface area contributed by atoms with Gasteiger partial charge in [-0.1, -0.05) is 66.2 Å². The van der Waals surface area contributed by atoms with Crippen molar-refractivity contribution < 1.29 is 19.1 Å². The predicted octanol–water partition coefficient (Wildman–Crippen LogP) is 4.85. The minimum atomic E-state index is -0.217. The van der Waals surface area contributed by atoms with Crippen LogP contribution in [0.25, 0.3) is 5.57 Å². The number of carbonyl (C=O) groups excluding carboxylic acids is 2. The molecule has 2 bridgehead atoms. The van der Waals surface area contributed by atoms with Crippen molar-refractivity contribution in [2.75, 3.05) is 39.9 Å². The monoisotopic (exact) mass is 573 g/mol. The van der Waals surface area contributed by atoms with Gasteiger partial charge in [0.1, 0.15) is 24.7 Å². The number of hydrogen-bond acceptors (Lipinski definition) is 5. The summed E-state index contributed by atoms with van der Waals surface area (Å²) in [7, 11) is 1.86. The number of halogens is 1. The fraction of sp³-hybridized carbons (Fsp3) is 0.333. The van der Waals surface area contributed by atoms with E-state index in [1.807, 2.05) is 72.6 Å². The van der Waals surface area contributed by atoms with Gasteiger partial charge in [0.05, 0.1) is 11.1 Å². The second-order valence-electron chi connectivity index (χ2n) is 10.6. The van der Waals surface area contributed by atoms with Gasteiger partial charge >= 0.3 is 0 Å². The number of piperazine rings is 1. The van der Waals surface area contributed by atoms with Crippen LogP contribution in [0, 0.1) is 0 Å². The zero-order valence-electron chi connectivity index (χ0n) is 23.5. The maximum Gasteiger partial charge on any atom is 0.251 e. The second kappa shape index (κ2) is 13.2. The van der Waals surface area contributed by atoms with Crippen LogP contribution in [-0.4, -0.2) is 73.6 Å². The minimum absolute atomic E-state index is 0.00525. The van der Waals surface area contributed by atoms with Crippen LogP contribution >= 0.6 is 11.6 Å². The molecular formula is C33H36ClN3O4. The smallest absolute Gasteiger partial charge is 0.251 e. The summed E-state index contributed by atoms with van der Waals surface area (Å²) < 4.78 is 11.6. The number of carbonyl (C=O) groups is 2. The van der Waals surface area contributed by atoms with Crippen molar-refractivity contribution in [3.8, 4) is 11.5 Å². The lowest BCUT2D eigenvalue weighted by atomic mass is 9.83. The van der Waals surface area contributed by atoms with E-state index >= 15 is 0 Å². The Bertz CT molecular complexity index is 1390. The molecule has 2 aliphatic heterocycles. The van der Waals surface area contributed by atoms with Crippen LogP contribution in [-0.2, 0) is 16.0 Å². The fourth-order valence-corrected chi connectivity index (χ4v) is 5.69. The molecule has 0 saturated carbocycles. The highest BCUT2D eigenvalue weighted by Crippen LogP contribution is 2.34. The first kappa shape index (κ1) is 28.7. The first-order valence-corrected chi connectivity index (χ1v) is 14.4. The van der Waals surface area contributed by atoms with E-state index in [0.29, 0.717) is 50.0 Å². The van der Waals surface area contributed by atoms with Gasteiger partial charge < -0.3 is 24.6 Å². The van der Waals surface area contributed by atoms with Crippen molar-refractivity contribution in [3.63, 3.8) is 0 Å². The lowest BCUT2D eigenvalue weighted by Gasteiger charge is -2.44. The Balaban J connectivity index is 1.31. The first-order valence-electron chi connectivity index (χ1n) is 14.0. The number of likely N-dealkylation sites (N-methyl/N-ethyl adjacent to an activating group) is 1. The molecule has 7 nitrogen and oxygen atoms in total. The van der Waals surface area contributed by atoms with E-state index in [1.54, 1.807) is 17.9 Å². The van der Waals surface area contributed by atoms with E-state index in [-0.39, 0.29) is 23.9 Å². The van der Waals surface area contributed by atoms with Crippen LogP contribution in [0.5, 0.6) is 11.5 Å². The van der Waals surface area contributed by atoms with Gasteiger partial charge in [-0.25, -0.2) is 0 Å². The molecule has 0 aliphatic carbocycles. The third-order valence-corrected chi connectivity index (χ3v) is 7.97. The molecule has 41 heavy (non-hydrogen) atoms. The summed E-state index contributed by atoms with van der Waals surface area (Å²) >= 11 is 6.15. The maximum atomic E-state index is 13.9. The van der Waals surface area contributed by atoms with E-state index in [9.17, 15) is 9.59 Å². The normalized spacial score (nSPS) is 18.2. The molecule has 2 aliphatic rings. The molecule has 0 aromatic heterocycles. The number of fused-ring (bicyclic) bond motifs is 2. The number of ether oxygens (including phenoxy) is 2. The summed E-state index contributed by atoms with van der Waals surface area (Å²) in [6.07, 6.45) is 1.44. The molecule has 1 N–H and O–H groups in total. The van der Waals surface area contributed by atoms with Crippen LogP contribution in [0.15, 0.2) is 84.4 Å². The number of benzene rings is 3. The van der Waals surface area contributed by atoms with Gasteiger partial charge in [-0.05, 0) is 53.8 Å². The van der Waals surface area contributed by atoms with Crippen molar-refractivity contribution in [1.29, 1.82) is 0 Å². The molecule has 2 heterocycles. The van der Waals surface area contributed by atoms with E-state index < -0.39 is 0 Å². The molecule has 2 unspecified atom stereocenters. The highest BCUT2D eigenvalue weighted by Gasteiger charge is 2.39. The van der Waals surface area contributed by atoms with Crippen molar-refractivity contribution >= 4 is 29.0 Å². The van der Waals surface area contributed by atoms with Crippen LogP contribution in [0.1, 0.15) is 24.5 Å². The van der Waals surface area contributed by atoms with Crippen LogP contribution in [0.4, 0.5) is 0 Å². The zero-order valence-corrected chi connectivity index (χ0v) is 24.3. The Morgan fingerprint density at radius 2 is 1.66 bits per heavy atom. The number of hydrogen-bond donors (Lipinski definition) is 1. The summed E-state index contributed by atoms with van der Waals surface area (Å²) in [5, 5.41) is 4.18. The lowest BCUT2D eigenvalue weighted by Crippen LogP contribution is -2.61. The maximum absolute atomic E-state index is 13.9. The van der Waals surface area contributed by atoms with Gasteiger partial charge in [-0.3, -0.25) is 9.59 Å². The molecule has 0 radical (unpaired) electrons. The summed E-state index contributed by atoms with van der Waals surface area (Å²) in [6.45, 7) is 4.06. The molecule has 3 aromatic rings. The summed E-state index contributed by atoms with van der Waals surface area (Å²) in [4.78, 5) is 29.8. The summed E-state index contributed by atoms with van der Waals surface area (Å²) in [6, 6.07) is 25.3. The molecule has 3 aromatic carbocycles. The van der Waals surface area contributed by atoms with Crippen LogP contribution in [0.2, 0.25) is 5.02 Å². The SMILES string of the molecule is CC(=O)N1CC2CC(c3ccc(OCCOc4ccccc4Cl)cc3)=C(C(=O)N(C)CCc3ccccc3)C(C1)N2. The van der Waals surface area contributed by atoms with Gasteiger partial charge in [-0.2, -0.15) is 0 Å². The van der Waals surface area contributed by atoms with Crippen molar-refractivity contribution in [2.24, 2.45) is 0 Å². The fourth-order valence-electron chi connectivity index (χ4n) is 5.50. The molecule has 5 rings (SSSR count). The van der Waals surface area contributed by atoms with Gasteiger partial charge in [0.15, 0.2) is 0 Å². The highest BCUT2D eigenvalue weighted by atomic mass is 35.5. The van der Waals surface area contributed by atoms with Crippen LogP contribution < -0.4 is 14.8 Å². The lowest BCUT2D eigenvalue weighted by molar-refractivity contribution is -0.132. The number of amides is 2. The standard InChI is InChI=1S/C33H36ClN3O4/c1-23(38)37-21-26-20-28(25-12-14-27(15-13-25)40-18-19-41-31-11-7-6-10-29(31)34)32(30(22-37)35-26)33(39)36(2)17-16-24-8-4-3-5-9-24/h3-15,26,30,35H,16-22H2,1-2H3. The largest absolute Gasteiger partial charge is 0.490 e. The third-order valence-electron chi connectivity index (χ3n) is 7.65. The number of nitrogens with one attached hydrogen (secondary N) is 1. The predicted molar refractivity (Wildman–Crippen MR) is 161 cm³/mol. The number of nitrogens with zero attached hydrogens (tertiary/aromatic N) is 2. The molecule has 1 saturated heterocycles.